The van der Waals surface area contributed by atoms with Crippen molar-refractivity contribution in [1.29, 1.82) is 0 Å². The fourth-order valence-electron chi connectivity index (χ4n) is 4.31. The molecule has 0 spiro atoms. The third-order valence-corrected chi connectivity index (χ3v) is 6.16. The van der Waals surface area contributed by atoms with Gasteiger partial charge < -0.3 is 15.0 Å². The monoisotopic (exact) mass is 409 g/mol. The van der Waals surface area contributed by atoms with Crippen LogP contribution in [0.5, 0.6) is 0 Å². The van der Waals surface area contributed by atoms with Gasteiger partial charge in [0.2, 0.25) is 5.69 Å². The number of rotatable bonds is 3. The smallest absolute Gasteiger partial charge is 0.251 e. The highest BCUT2D eigenvalue weighted by Gasteiger charge is 2.38. The topological polar surface area (TPSA) is 45.9 Å². The number of morpholine rings is 1. The number of hydrogen-bond donors (Lipinski definition) is 1. The van der Waals surface area contributed by atoms with Crippen LogP contribution in [0.2, 0.25) is 5.02 Å². The predicted molar refractivity (Wildman–Crippen MR) is 115 cm³/mol. The molecule has 5 nitrogen and oxygen atoms in total. The van der Waals surface area contributed by atoms with Crippen LogP contribution in [0.1, 0.15) is 35.2 Å². The second-order valence-corrected chi connectivity index (χ2v) is 8.17. The van der Waals surface area contributed by atoms with Crippen LogP contribution in [-0.4, -0.2) is 37.2 Å². The lowest BCUT2D eigenvalue weighted by molar-refractivity contribution is -0.0161. The zero-order valence-electron chi connectivity index (χ0n) is 16.4. The molecule has 1 aliphatic carbocycles. The Morgan fingerprint density at radius 1 is 1.24 bits per heavy atom. The van der Waals surface area contributed by atoms with E-state index >= 15 is 0 Å². The van der Waals surface area contributed by atoms with E-state index in [0.717, 1.165) is 37.1 Å². The number of benzene rings is 2. The van der Waals surface area contributed by atoms with E-state index in [1.54, 1.807) is 6.07 Å². The molecule has 2 aromatic rings. The van der Waals surface area contributed by atoms with E-state index in [1.807, 2.05) is 43.3 Å². The van der Waals surface area contributed by atoms with Crippen molar-refractivity contribution in [2.45, 2.75) is 44.4 Å². The first-order chi connectivity index (χ1) is 14.0. The van der Waals surface area contributed by atoms with E-state index in [9.17, 15) is 4.79 Å². The molecule has 0 aromatic heterocycles. The Labute approximate surface area is 176 Å². The van der Waals surface area contributed by atoms with Gasteiger partial charge in [0.25, 0.3) is 5.91 Å². The number of hydrogen-bond acceptors (Lipinski definition) is 3. The number of halogens is 1. The lowest BCUT2D eigenvalue weighted by atomic mass is 9.86. The summed E-state index contributed by atoms with van der Waals surface area (Å²) in [7, 11) is 0. The number of anilines is 1. The Balaban J connectivity index is 1.42. The second kappa shape index (κ2) is 8.44. The van der Waals surface area contributed by atoms with Gasteiger partial charge in [0.1, 0.15) is 0 Å². The zero-order valence-corrected chi connectivity index (χ0v) is 17.2. The number of carbonyl (C=O) groups is 1. The molecule has 3 atom stereocenters. The van der Waals surface area contributed by atoms with Gasteiger partial charge in [-0.1, -0.05) is 35.4 Å². The van der Waals surface area contributed by atoms with E-state index in [-0.39, 0.29) is 24.1 Å². The number of amides is 1. The van der Waals surface area contributed by atoms with E-state index in [4.69, 9.17) is 22.9 Å². The maximum absolute atomic E-state index is 12.6. The summed E-state index contributed by atoms with van der Waals surface area (Å²) in [5.74, 6) is -0.0253. The van der Waals surface area contributed by atoms with E-state index in [0.29, 0.717) is 22.9 Å². The van der Waals surface area contributed by atoms with Crippen LogP contribution in [0.15, 0.2) is 42.5 Å². The summed E-state index contributed by atoms with van der Waals surface area (Å²) in [4.78, 5) is 18.3. The van der Waals surface area contributed by atoms with Gasteiger partial charge in [-0.25, -0.2) is 4.85 Å². The lowest BCUT2D eigenvalue weighted by Crippen LogP contribution is -2.57. The molecule has 1 aliphatic heterocycles. The minimum absolute atomic E-state index is 0.0253. The number of carbonyl (C=O) groups excluding carboxylic acids is 1. The summed E-state index contributed by atoms with van der Waals surface area (Å²) < 4.78 is 6.07. The van der Waals surface area contributed by atoms with Crippen LogP contribution >= 0.6 is 11.6 Å². The predicted octanol–water partition coefficient (Wildman–Crippen LogP) is 4.76. The van der Waals surface area contributed by atoms with E-state index in [2.05, 4.69) is 15.1 Å². The molecule has 29 heavy (non-hydrogen) atoms. The van der Waals surface area contributed by atoms with Crippen LogP contribution in [0.25, 0.3) is 4.85 Å². The first-order valence-electron chi connectivity index (χ1n) is 9.98. The molecule has 4 rings (SSSR count). The summed E-state index contributed by atoms with van der Waals surface area (Å²) in [5.41, 5.74) is 3.34. The van der Waals surface area contributed by atoms with Crippen LogP contribution in [-0.2, 0) is 4.74 Å². The Morgan fingerprint density at radius 3 is 2.76 bits per heavy atom. The number of ether oxygens (including phenoxy) is 1. The molecule has 1 N–H and O–H groups in total. The number of fused-ring (bicyclic) bond motifs is 1. The van der Waals surface area contributed by atoms with Crippen LogP contribution in [0.4, 0.5) is 11.4 Å². The molecule has 1 heterocycles. The van der Waals surface area contributed by atoms with Crippen molar-refractivity contribution in [1.82, 2.24) is 5.32 Å². The van der Waals surface area contributed by atoms with Crippen LogP contribution < -0.4 is 10.2 Å². The molecule has 1 saturated carbocycles. The Bertz CT molecular complexity index is 938. The molecule has 6 heteroatoms. The molecular formula is C23H24ClN3O2. The summed E-state index contributed by atoms with van der Waals surface area (Å²) in [6.07, 6.45) is 2.71. The first kappa shape index (κ1) is 19.8. The summed E-state index contributed by atoms with van der Waals surface area (Å²) >= 11 is 6.25. The average Bonchev–Trinajstić information content (AvgIpc) is 2.73. The number of aryl methyl sites for hydroxylation is 1. The van der Waals surface area contributed by atoms with Gasteiger partial charge in [-0.05, 0) is 50.5 Å². The molecule has 2 aliphatic rings. The molecule has 0 unspecified atom stereocenters. The third-order valence-electron chi connectivity index (χ3n) is 5.85. The van der Waals surface area contributed by atoms with Crippen LogP contribution in [0.3, 0.4) is 0 Å². The van der Waals surface area contributed by atoms with Crippen molar-refractivity contribution >= 4 is 28.9 Å². The fourth-order valence-corrected chi connectivity index (χ4v) is 4.52. The highest BCUT2D eigenvalue weighted by molar-refractivity contribution is 6.33. The number of nitrogens with one attached hydrogen (secondary N) is 1. The molecule has 150 valence electrons. The highest BCUT2D eigenvalue weighted by atomic mass is 35.5. The van der Waals surface area contributed by atoms with Gasteiger partial charge in [-0.3, -0.25) is 4.79 Å². The van der Waals surface area contributed by atoms with E-state index < -0.39 is 0 Å². The SMILES string of the molecule is [C-]#[N+]c1ccc(N2CCO[C@@H]3C[C@H](NC(=O)c4ccc(C)cc4)CC[C@H]32)cc1Cl. The van der Waals surface area contributed by atoms with Crippen molar-refractivity contribution in [2.24, 2.45) is 0 Å². The van der Waals surface area contributed by atoms with Crippen LogP contribution in [0, 0.1) is 13.5 Å². The maximum atomic E-state index is 12.6. The normalized spacial score (nSPS) is 23.8. The molecule has 1 amide bonds. The molecular weight excluding hydrogens is 386 g/mol. The van der Waals surface area contributed by atoms with Crippen molar-refractivity contribution in [3.05, 3.63) is 70.0 Å². The summed E-state index contributed by atoms with van der Waals surface area (Å²) in [6.45, 7) is 10.6. The molecule has 1 saturated heterocycles. The van der Waals surface area contributed by atoms with Gasteiger partial charge in [0, 0.05) is 28.9 Å². The van der Waals surface area contributed by atoms with Crippen molar-refractivity contribution in [2.75, 3.05) is 18.1 Å². The highest BCUT2D eigenvalue weighted by Crippen LogP contribution is 2.35. The molecule has 2 aromatic carbocycles. The van der Waals surface area contributed by atoms with E-state index in [1.165, 1.54) is 0 Å². The fraction of sp³-hybridized carbons (Fsp3) is 0.391. The summed E-state index contributed by atoms with van der Waals surface area (Å²) in [6, 6.07) is 13.6. The second-order valence-electron chi connectivity index (χ2n) is 7.77. The maximum Gasteiger partial charge on any atom is 0.251 e. The lowest BCUT2D eigenvalue weighted by Gasteiger charge is -2.47. The number of nitrogens with zero attached hydrogens (tertiary/aromatic N) is 2. The largest absolute Gasteiger partial charge is 0.374 e. The first-order valence-corrected chi connectivity index (χ1v) is 10.4. The van der Waals surface area contributed by atoms with Gasteiger partial charge in [-0.15, -0.1) is 0 Å². The Kier molecular flexibility index (Phi) is 5.75. The third kappa shape index (κ3) is 4.24. The van der Waals surface area contributed by atoms with Gasteiger partial charge in [0.05, 0.1) is 25.3 Å². The molecule has 0 radical (unpaired) electrons. The Hall–Kier alpha value is -2.55. The summed E-state index contributed by atoms with van der Waals surface area (Å²) in [5, 5.41) is 3.66. The Morgan fingerprint density at radius 2 is 2.03 bits per heavy atom. The molecule has 2 fully saturated rings. The minimum Gasteiger partial charge on any atom is -0.374 e. The van der Waals surface area contributed by atoms with Gasteiger partial charge >= 0.3 is 0 Å². The van der Waals surface area contributed by atoms with Crippen molar-refractivity contribution < 1.29 is 9.53 Å². The zero-order chi connectivity index (χ0) is 20.4. The quantitative estimate of drug-likeness (QED) is 0.743. The standard InChI is InChI=1S/C23H24ClN3O2/c1-15-3-5-16(6-4-15)23(28)26-17-7-10-21-22(13-17)29-12-11-27(21)18-8-9-20(25-2)19(24)14-18/h3-6,8-9,14,17,21-22H,7,10-13H2,1H3,(H,26,28)/t17-,21-,22-/m1/s1. The van der Waals surface area contributed by atoms with Gasteiger partial charge in [0.15, 0.2) is 0 Å². The molecule has 0 bridgehead atoms. The van der Waals surface area contributed by atoms with Gasteiger partial charge in [-0.2, -0.15) is 0 Å². The average molecular weight is 410 g/mol. The van der Waals surface area contributed by atoms with Crippen molar-refractivity contribution in [3.63, 3.8) is 0 Å². The van der Waals surface area contributed by atoms with Crippen molar-refractivity contribution in [3.8, 4) is 0 Å². The minimum atomic E-state index is -0.0253.